The Bertz CT molecular complexity index is 643. The quantitative estimate of drug-likeness (QED) is 0.670. The Kier molecular flexibility index (Phi) is 4.02. The Hall–Kier alpha value is -2.08. The third-order valence-electron chi connectivity index (χ3n) is 4.37. The van der Waals surface area contributed by atoms with Crippen molar-refractivity contribution >= 4 is 0 Å². The third kappa shape index (κ3) is 3.06. The molecule has 22 heavy (non-hydrogen) atoms. The maximum absolute atomic E-state index is 2.34. The first kappa shape index (κ1) is 14.8. The third-order valence-corrected chi connectivity index (χ3v) is 4.37. The fraction of sp³-hybridized carbons (Fsp3) is 0.273. The molecule has 2 aromatic rings. The molecule has 0 aliphatic heterocycles. The van der Waals surface area contributed by atoms with Crippen LogP contribution in [0.4, 0.5) is 0 Å². The van der Waals surface area contributed by atoms with Crippen molar-refractivity contribution in [3.05, 3.63) is 94.1 Å². The van der Waals surface area contributed by atoms with E-state index in [4.69, 9.17) is 0 Å². The molecule has 0 saturated heterocycles. The van der Waals surface area contributed by atoms with Gasteiger partial charge >= 0.3 is 0 Å². The minimum absolute atomic E-state index is 0.396. The zero-order valence-electron chi connectivity index (χ0n) is 13.9. The average molecular weight is 288 g/mol. The molecule has 0 heteroatoms. The van der Waals surface area contributed by atoms with Gasteiger partial charge in [0.25, 0.3) is 0 Å². The second-order valence-electron chi connectivity index (χ2n) is 6.67. The van der Waals surface area contributed by atoms with E-state index in [0.717, 1.165) is 0 Å². The molecule has 0 nitrogen and oxygen atoms in total. The molecule has 0 unspecified atom stereocenters. The van der Waals surface area contributed by atoms with Crippen molar-refractivity contribution in [2.24, 2.45) is 5.92 Å². The van der Waals surface area contributed by atoms with E-state index in [0.29, 0.717) is 11.8 Å². The molecular formula is C22H24. The fourth-order valence-electron chi connectivity index (χ4n) is 3.69. The second-order valence-corrected chi connectivity index (χ2v) is 6.67. The van der Waals surface area contributed by atoms with Gasteiger partial charge in [0.1, 0.15) is 0 Å². The minimum atomic E-state index is 0.396. The summed E-state index contributed by atoms with van der Waals surface area (Å²) in [5.41, 5.74) is 8.21. The predicted octanol–water partition coefficient (Wildman–Crippen LogP) is 5.79. The predicted molar refractivity (Wildman–Crippen MR) is 95.4 cm³/mol. The van der Waals surface area contributed by atoms with Gasteiger partial charge in [0.15, 0.2) is 0 Å². The van der Waals surface area contributed by atoms with Gasteiger partial charge in [0.2, 0.25) is 0 Å². The van der Waals surface area contributed by atoms with Crippen LogP contribution in [0.2, 0.25) is 0 Å². The van der Waals surface area contributed by atoms with E-state index in [-0.39, 0.29) is 0 Å². The molecule has 1 aliphatic rings. The van der Waals surface area contributed by atoms with Crippen LogP contribution in [0.5, 0.6) is 0 Å². The Morgan fingerprint density at radius 3 is 1.32 bits per heavy atom. The maximum Gasteiger partial charge on any atom is 0.0187 e. The largest absolute Gasteiger partial charge is 0.0767 e. The van der Waals surface area contributed by atoms with Crippen LogP contribution in [0, 0.1) is 33.6 Å². The standard InChI is InChI=1S/C22H24/c1-15-9-16(2)12-20(11-15)22(19-7-5-6-8-19)21-13-17(3)10-18(4)14-21/h5-14,19,22H,1-4H3. The number of allylic oxidation sites excluding steroid dienone is 4. The van der Waals surface area contributed by atoms with Gasteiger partial charge in [-0.2, -0.15) is 0 Å². The highest BCUT2D eigenvalue weighted by atomic mass is 14.3. The van der Waals surface area contributed by atoms with Gasteiger partial charge < -0.3 is 0 Å². The molecule has 0 radical (unpaired) electrons. The Labute approximate surface area is 134 Å². The summed E-state index contributed by atoms with van der Waals surface area (Å²) in [5, 5.41) is 0. The van der Waals surface area contributed by atoms with Crippen molar-refractivity contribution < 1.29 is 0 Å². The topological polar surface area (TPSA) is 0 Å². The Morgan fingerprint density at radius 2 is 0.955 bits per heavy atom. The highest BCUT2D eigenvalue weighted by Crippen LogP contribution is 2.37. The summed E-state index contributed by atoms with van der Waals surface area (Å²) in [6.45, 7) is 8.76. The van der Waals surface area contributed by atoms with Crippen LogP contribution in [0.15, 0.2) is 60.7 Å². The molecule has 0 saturated carbocycles. The molecule has 2 aromatic carbocycles. The molecular weight excluding hydrogens is 264 g/mol. The smallest absolute Gasteiger partial charge is 0.0187 e. The monoisotopic (exact) mass is 288 g/mol. The molecule has 112 valence electrons. The number of rotatable bonds is 3. The summed E-state index contributed by atoms with van der Waals surface area (Å²) in [6, 6.07) is 13.9. The lowest BCUT2D eigenvalue weighted by Gasteiger charge is -2.24. The number of benzene rings is 2. The Balaban J connectivity index is 2.15. The van der Waals surface area contributed by atoms with Crippen LogP contribution in [0.1, 0.15) is 39.3 Å². The van der Waals surface area contributed by atoms with Gasteiger partial charge in [0.05, 0.1) is 0 Å². The Morgan fingerprint density at radius 1 is 0.591 bits per heavy atom. The van der Waals surface area contributed by atoms with E-state index in [9.17, 15) is 0 Å². The molecule has 0 spiro atoms. The van der Waals surface area contributed by atoms with E-state index in [1.54, 1.807) is 0 Å². The molecule has 3 rings (SSSR count). The lowest BCUT2D eigenvalue weighted by molar-refractivity contribution is 0.690. The molecule has 1 aliphatic carbocycles. The van der Waals surface area contributed by atoms with E-state index in [1.807, 2.05) is 0 Å². The van der Waals surface area contributed by atoms with Crippen LogP contribution >= 0.6 is 0 Å². The highest BCUT2D eigenvalue weighted by molar-refractivity contribution is 5.43. The lowest BCUT2D eigenvalue weighted by Crippen LogP contribution is -2.11. The summed E-state index contributed by atoms with van der Waals surface area (Å²) in [4.78, 5) is 0. The van der Waals surface area contributed by atoms with Crippen molar-refractivity contribution in [2.75, 3.05) is 0 Å². The molecule has 0 amide bonds. The van der Waals surface area contributed by atoms with E-state index < -0.39 is 0 Å². The van der Waals surface area contributed by atoms with Crippen LogP contribution in [0.3, 0.4) is 0 Å². The zero-order valence-corrected chi connectivity index (χ0v) is 13.9. The summed E-state index contributed by atoms with van der Waals surface area (Å²) in [6.07, 6.45) is 8.98. The van der Waals surface area contributed by atoms with Gasteiger partial charge in [-0.05, 0) is 38.8 Å². The van der Waals surface area contributed by atoms with Gasteiger partial charge in [-0.15, -0.1) is 0 Å². The highest BCUT2D eigenvalue weighted by Gasteiger charge is 2.23. The minimum Gasteiger partial charge on any atom is -0.0767 e. The lowest BCUT2D eigenvalue weighted by atomic mass is 9.79. The van der Waals surface area contributed by atoms with Crippen molar-refractivity contribution in [1.82, 2.24) is 0 Å². The molecule has 0 N–H and O–H groups in total. The first-order valence-electron chi connectivity index (χ1n) is 8.04. The zero-order chi connectivity index (χ0) is 15.7. The normalized spacial score (nSPS) is 14.2. The van der Waals surface area contributed by atoms with Crippen LogP contribution in [0.25, 0.3) is 0 Å². The van der Waals surface area contributed by atoms with E-state index >= 15 is 0 Å². The van der Waals surface area contributed by atoms with Crippen LogP contribution in [-0.4, -0.2) is 0 Å². The second kappa shape index (κ2) is 5.96. The van der Waals surface area contributed by atoms with Crippen molar-refractivity contribution in [1.29, 1.82) is 0 Å². The first-order valence-corrected chi connectivity index (χ1v) is 8.04. The number of hydrogen-bond donors (Lipinski definition) is 0. The van der Waals surface area contributed by atoms with Crippen molar-refractivity contribution in [3.8, 4) is 0 Å². The molecule has 0 aromatic heterocycles. The summed E-state index contributed by atoms with van der Waals surface area (Å²) in [7, 11) is 0. The van der Waals surface area contributed by atoms with Gasteiger partial charge in [-0.3, -0.25) is 0 Å². The van der Waals surface area contributed by atoms with Crippen molar-refractivity contribution in [2.45, 2.75) is 33.6 Å². The van der Waals surface area contributed by atoms with Crippen molar-refractivity contribution in [3.63, 3.8) is 0 Å². The summed E-state index contributed by atoms with van der Waals surface area (Å²) < 4.78 is 0. The first-order chi connectivity index (χ1) is 10.5. The number of aryl methyl sites for hydroxylation is 4. The van der Waals surface area contributed by atoms with E-state index in [1.165, 1.54) is 33.4 Å². The molecule has 0 atom stereocenters. The van der Waals surface area contributed by atoms with Gasteiger partial charge in [-0.25, -0.2) is 0 Å². The molecule has 0 heterocycles. The SMILES string of the molecule is Cc1cc(C)cc(C(c2cc(C)cc(C)c2)C2C=CC=C2)c1. The molecule has 0 fully saturated rings. The maximum atomic E-state index is 2.34. The van der Waals surface area contributed by atoms with Gasteiger partial charge in [0, 0.05) is 11.8 Å². The van der Waals surface area contributed by atoms with Gasteiger partial charge in [-0.1, -0.05) is 83.0 Å². The fourth-order valence-corrected chi connectivity index (χ4v) is 3.69. The number of hydrogen-bond acceptors (Lipinski definition) is 0. The summed E-state index contributed by atoms with van der Waals surface area (Å²) in [5.74, 6) is 0.842. The summed E-state index contributed by atoms with van der Waals surface area (Å²) >= 11 is 0. The van der Waals surface area contributed by atoms with Crippen LogP contribution < -0.4 is 0 Å². The van der Waals surface area contributed by atoms with E-state index in [2.05, 4.69) is 88.4 Å². The molecule has 0 bridgehead atoms. The average Bonchev–Trinajstić information content (AvgIpc) is 2.90. The van der Waals surface area contributed by atoms with Crippen LogP contribution in [-0.2, 0) is 0 Å².